The van der Waals surface area contributed by atoms with Gasteiger partial charge in [-0.05, 0) is 29.8 Å². The number of aromatic nitrogens is 3. The minimum atomic E-state index is -0.171. The highest BCUT2D eigenvalue weighted by Crippen LogP contribution is 2.22. The largest absolute Gasteiger partial charge is 0.495 e. The fourth-order valence-electron chi connectivity index (χ4n) is 2.13. The first-order valence-electron chi connectivity index (χ1n) is 6.15. The highest BCUT2D eigenvalue weighted by Gasteiger charge is 2.07. The summed E-state index contributed by atoms with van der Waals surface area (Å²) in [6.45, 7) is 0.370. The lowest BCUT2D eigenvalue weighted by Gasteiger charge is -2.06. The first-order valence-corrected chi connectivity index (χ1v) is 6.15. The molecule has 2 aromatic heterocycles. The number of ether oxygens (including phenoxy) is 1. The molecule has 0 amide bonds. The minimum Gasteiger partial charge on any atom is -0.495 e. The summed E-state index contributed by atoms with van der Waals surface area (Å²) in [4.78, 5) is 12.1. The van der Waals surface area contributed by atoms with Gasteiger partial charge in [-0.3, -0.25) is 4.40 Å². The zero-order chi connectivity index (χ0) is 14.1. The van der Waals surface area contributed by atoms with Crippen molar-refractivity contribution in [3.63, 3.8) is 0 Å². The lowest BCUT2D eigenvalue weighted by Crippen LogP contribution is -2.21. The Morgan fingerprint density at radius 2 is 2.15 bits per heavy atom. The molecule has 0 spiro atoms. The molecule has 0 aliphatic heterocycles. The molecule has 0 aliphatic rings. The Morgan fingerprint density at radius 1 is 1.30 bits per heavy atom. The second-order valence-electron chi connectivity index (χ2n) is 4.45. The molecule has 20 heavy (non-hydrogen) atoms. The smallest absolute Gasteiger partial charge is 0.350 e. The van der Waals surface area contributed by atoms with Crippen LogP contribution in [0.15, 0.2) is 47.4 Å². The van der Waals surface area contributed by atoms with Gasteiger partial charge in [-0.25, -0.2) is 9.48 Å². The number of rotatable bonds is 3. The summed E-state index contributed by atoms with van der Waals surface area (Å²) in [5.74, 6) is 0.621. The number of hydrogen-bond acceptors (Lipinski definition) is 4. The van der Waals surface area contributed by atoms with Gasteiger partial charge in [0.2, 0.25) is 0 Å². The molecule has 1 aromatic carbocycles. The molecule has 6 nitrogen and oxygen atoms in total. The van der Waals surface area contributed by atoms with E-state index < -0.39 is 0 Å². The molecule has 0 bridgehead atoms. The standard InChI is InChI=1S/C14H14N4O2/c1-20-12-6-5-10(8-11(12)15)9-18-14(19)17-7-3-2-4-13(17)16-18/h2-8H,9,15H2,1H3. The van der Waals surface area contributed by atoms with Crippen molar-refractivity contribution >= 4 is 11.3 Å². The van der Waals surface area contributed by atoms with Crippen LogP contribution in [0.5, 0.6) is 5.75 Å². The average molecular weight is 270 g/mol. The number of anilines is 1. The Kier molecular flexibility index (Phi) is 2.90. The van der Waals surface area contributed by atoms with Crippen LogP contribution in [0.2, 0.25) is 0 Å². The molecule has 2 heterocycles. The molecule has 6 heteroatoms. The molecule has 3 aromatic rings. The van der Waals surface area contributed by atoms with Crippen LogP contribution < -0.4 is 16.2 Å². The molecule has 102 valence electrons. The van der Waals surface area contributed by atoms with Crippen molar-refractivity contribution < 1.29 is 4.74 Å². The topological polar surface area (TPSA) is 74.5 Å². The van der Waals surface area contributed by atoms with Gasteiger partial charge in [-0.15, -0.1) is 5.10 Å². The first-order chi connectivity index (χ1) is 9.69. The summed E-state index contributed by atoms with van der Waals surface area (Å²) in [6, 6.07) is 10.9. The van der Waals surface area contributed by atoms with E-state index in [0.717, 1.165) is 5.56 Å². The molecule has 0 radical (unpaired) electrons. The Bertz CT molecular complexity index is 819. The van der Waals surface area contributed by atoms with Crippen molar-refractivity contribution in [1.82, 2.24) is 14.2 Å². The average Bonchev–Trinajstić information content (AvgIpc) is 2.76. The number of nitrogen functional groups attached to an aromatic ring is 1. The number of nitrogens with two attached hydrogens (primary N) is 1. The zero-order valence-electron chi connectivity index (χ0n) is 11.0. The highest BCUT2D eigenvalue weighted by atomic mass is 16.5. The van der Waals surface area contributed by atoms with Crippen LogP contribution in [-0.2, 0) is 6.54 Å². The summed E-state index contributed by atoms with van der Waals surface area (Å²) in [7, 11) is 1.57. The Morgan fingerprint density at radius 3 is 2.85 bits per heavy atom. The van der Waals surface area contributed by atoms with Gasteiger partial charge < -0.3 is 10.5 Å². The first kappa shape index (κ1) is 12.3. The van der Waals surface area contributed by atoms with Crippen molar-refractivity contribution in [2.75, 3.05) is 12.8 Å². The van der Waals surface area contributed by atoms with Crippen molar-refractivity contribution in [2.45, 2.75) is 6.54 Å². The summed E-state index contributed by atoms with van der Waals surface area (Å²) in [5.41, 5.74) is 7.75. The molecule has 0 saturated carbocycles. The van der Waals surface area contributed by atoms with E-state index >= 15 is 0 Å². The SMILES string of the molecule is COc1ccc(Cn2nc3ccccn3c2=O)cc1N. The zero-order valence-corrected chi connectivity index (χ0v) is 11.0. The molecule has 0 saturated heterocycles. The van der Waals surface area contributed by atoms with Crippen LogP contribution in [0, 0.1) is 0 Å². The summed E-state index contributed by atoms with van der Waals surface area (Å²) in [5, 5.41) is 4.27. The van der Waals surface area contributed by atoms with Crippen LogP contribution in [0.4, 0.5) is 5.69 Å². The molecule has 2 N–H and O–H groups in total. The van der Waals surface area contributed by atoms with E-state index in [1.165, 1.54) is 9.08 Å². The predicted molar refractivity (Wildman–Crippen MR) is 76.0 cm³/mol. The van der Waals surface area contributed by atoms with Crippen molar-refractivity contribution in [1.29, 1.82) is 0 Å². The maximum atomic E-state index is 12.1. The molecule has 0 unspecified atom stereocenters. The molecule has 0 aliphatic carbocycles. The number of nitrogens with zero attached hydrogens (tertiary/aromatic N) is 3. The van der Waals surface area contributed by atoms with Gasteiger partial charge in [0.25, 0.3) is 0 Å². The number of hydrogen-bond donors (Lipinski definition) is 1. The summed E-state index contributed by atoms with van der Waals surface area (Å²) >= 11 is 0. The second kappa shape index (κ2) is 4.73. The lowest BCUT2D eigenvalue weighted by atomic mass is 10.2. The van der Waals surface area contributed by atoms with Gasteiger partial charge in [-0.2, -0.15) is 0 Å². The van der Waals surface area contributed by atoms with Gasteiger partial charge in [0.1, 0.15) is 5.75 Å². The third kappa shape index (κ3) is 2.01. The van der Waals surface area contributed by atoms with E-state index in [4.69, 9.17) is 10.5 Å². The Labute approximate surface area is 115 Å². The van der Waals surface area contributed by atoms with Crippen LogP contribution in [0.3, 0.4) is 0 Å². The monoisotopic (exact) mass is 270 g/mol. The molecule has 3 rings (SSSR count). The molecular weight excluding hydrogens is 256 g/mol. The van der Waals surface area contributed by atoms with E-state index in [-0.39, 0.29) is 5.69 Å². The minimum absolute atomic E-state index is 0.171. The van der Waals surface area contributed by atoms with E-state index in [1.54, 1.807) is 37.6 Å². The van der Waals surface area contributed by atoms with Crippen molar-refractivity contribution in [3.05, 3.63) is 58.6 Å². The number of methoxy groups -OCH3 is 1. The van der Waals surface area contributed by atoms with E-state index in [1.807, 2.05) is 12.1 Å². The maximum absolute atomic E-state index is 12.1. The van der Waals surface area contributed by atoms with Crippen LogP contribution in [0.25, 0.3) is 5.65 Å². The van der Waals surface area contributed by atoms with Gasteiger partial charge in [0, 0.05) is 6.20 Å². The quantitative estimate of drug-likeness (QED) is 0.724. The molecule has 0 atom stereocenters. The van der Waals surface area contributed by atoms with Gasteiger partial charge >= 0.3 is 5.69 Å². The predicted octanol–water partition coefficient (Wildman–Crippen LogP) is 1.14. The second-order valence-corrected chi connectivity index (χ2v) is 4.45. The third-order valence-corrected chi connectivity index (χ3v) is 3.11. The molecular formula is C14H14N4O2. The van der Waals surface area contributed by atoms with E-state index in [9.17, 15) is 4.79 Å². The Balaban J connectivity index is 1.99. The fourth-order valence-corrected chi connectivity index (χ4v) is 2.13. The molecule has 0 fully saturated rings. The highest BCUT2D eigenvalue weighted by molar-refractivity contribution is 5.54. The number of benzene rings is 1. The normalized spacial score (nSPS) is 10.8. The summed E-state index contributed by atoms with van der Waals surface area (Å²) < 4.78 is 8.03. The number of pyridine rings is 1. The van der Waals surface area contributed by atoms with E-state index in [2.05, 4.69) is 5.10 Å². The van der Waals surface area contributed by atoms with Crippen molar-refractivity contribution in [3.8, 4) is 5.75 Å². The van der Waals surface area contributed by atoms with Gasteiger partial charge in [0.05, 0.1) is 19.3 Å². The summed E-state index contributed by atoms with van der Waals surface area (Å²) in [6.07, 6.45) is 1.70. The lowest BCUT2D eigenvalue weighted by molar-refractivity contribution is 0.417. The van der Waals surface area contributed by atoms with Crippen LogP contribution >= 0.6 is 0 Å². The van der Waals surface area contributed by atoms with E-state index in [0.29, 0.717) is 23.6 Å². The maximum Gasteiger partial charge on any atom is 0.350 e. The van der Waals surface area contributed by atoms with Crippen LogP contribution in [-0.4, -0.2) is 21.3 Å². The fraction of sp³-hybridized carbons (Fsp3) is 0.143. The van der Waals surface area contributed by atoms with Crippen LogP contribution in [0.1, 0.15) is 5.56 Å². The van der Waals surface area contributed by atoms with Gasteiger partial charge in [-0.1, -0.05) is 12.1 Å². The Hall–Kier alpha value is -2.76. The third-order valence-electron chi connectivity index (χ3n) is 3.11. The van der Waals surface area contributed by atoms with Gasteiger partial charge in [0.15, 0.2) is 5.65 Å². The van der Waals surface area contributed by atoms with Crippen molar-refractivity contribution in [2.24, 2.45) is 0 Å². The number of fused-ring (bicyclic) bond motifs is 1.